The van der Waals surface area contributed by atoms with Crippen molar-refractivity contribution < 1.29 is 9.53 Å². The van der Waals surface area contributed by atoms with Crippen LogP contribution >= 0.6 is 0 Å². The first-order chi connectivity index (χ1) is 12.2. The molecule has 1 atom stereocenters. The van der Waals surface area contributed by atoms with Crippen molar-refractivity contribution in [2.45, 2.75) is 45.1 Å². The lowest BCUT2D eigenvalue weighted by atomic mass is 9.96. The van der Waals surface area contributed by atoms with Gasteiger partial charge in [0.25, 0.3) is 0 Å². The molecule has 1 aliphatic heterocycles. The van der Waals surface area contributed by atoms with Gasteiger partial charge in [0.05, 0.1) is 6.61 Å². The molecule has 1 saturated heterocycles. The number of ether oxygens (including phenoxy) is 1. The van der Waals surface area contributed by atoms with Crippen LogP contribution in [0, 0.1) is 6.92 Å². The molecule has 8 heteroatoms. The summed E-state index contributed by atoms with van der Waals surface area (Å²) < 4.78 is 7.30. The van der Waals surface area contributed by atoms with Crippen LogP contribution in [0.4, 0.5) is 0 Å². The molecule has 0 radical (unpaired) electrons. The monoisotopic (exact) mass is 346 g/mol. The van der Waals surface area contributed by atoms with Crippen LogP contribution in [0.15, 0.2) is 12.4 Å². The summed E-state index contributed by atoms with van der Waals surface area (Å²) in [6.07, 6.45) is 6.91. The molecule has 1 fully saturated rings. The van der Waals surface area contributed by atoms with Gasteiger partial charge in [0.1, 0.15) is 11.6 Å². The Kier molecular flexibility index (Phi) is 5.80. The predicted molar refractivity (Wildman–Crippen MR) is 92.1 cm³/mol. The van der Waals surface area contributed by atoms with Crippen molar-refractivity contribution in [3.8, 4) is 0 Å². The Hall–Kier alpha value is -2.22. The van der Waals surface area contributed by atoms with Gasteiger partial charge in [-0.2, -0.15) is 5.10 Å². The van der Waals surface area contributed by atoms with Crippen molar-refractivity contribution in [2.75, 3.05) is 26.8 Å². The third-order valence-electron chi connectivity index (χ3n) is 4.63. The molecule has 2 aromatic heterocycles. The fourth-order valence-corrected chi connectivity index (χ4v) is 3.35. The second kappa shape index (κ2) is 8.24. The Morgan fingerprint density at radius 1 is 1.48 bits per heavy atom. The van der Waals surface area contributed by atoms with Crippen LogP contribution in [-0.4, -0.2) is 62.3 Å². The van der Waals surface area contributed by atoms with E-state index >= 15 is 0 Å². The topological polar surface area (TPSA) is 88.9 Å². The minimum Gasteiger partial charge on any atom is -0.383 e. The summed E-state index contributed by atoms with van der Waals surface area (Å²) in [4.78, 5) is 23.3. The van der Waals surface area contributed by atoms with Gasteiger partial charge >= 0.3 is 0 Å². The summed E-state index contributed by atoms with van der Waals surface area (Å²) in [5, 5.41) is 6.91. The number of hydrogen-bond donors (Lipinski definition) is 1. The average molecular weight is 346 g/mol. The fourth-order valence-electron chi connectivity index (χ4n) is 3.35. The smallest absolute Gasteiger partial charge is 0.223 e. The van der Waals surface area contributed by atoms with Gasteiger partial charge in [0, 0.05) is 57.9 Å². The van der Waals surface area contributed by atoms with Gasteiger partial charge < -0.3 is 14.2 Å². The zero-order valence-corrected chi connectivity index (χ0v) is 14.9. The molecule has 25 heavy (non-hydrogen) atoms. The number of nitrogens with zero attached hydrogens (tertiary/aromatic N) is 5. The lowest BCUT2D eigenvalue weighted by Crippen LogP contribution is -2.40. The molecule has 0 spiro atoms. The van der Waals surface area contributed by atoms with Gasteiger partial charge in [-0.1, -0.05) is 0 Å². The van der Waals surface area contributed by atoms with Crippen LogP contribution in [0.5, 0.6) is 0 Å². The number of methoxy groups -OCH3 is 1. The summed E-state index contributed by atoms with van der Waals surface area (Å²) in [6.45, 7) is 4.87. The van der Waals surface area contributed by atoms with Crippen molar-refractivity contribution in [2.24, 2.45) is 0 Å². The molecule has 1 unspecified atom stereocenters. The van der Waals surface area contributed by atoms with E-state index in [1.807, 2.05) is 24.2 Å². The standard InChI is InChI=1S/C17H26N6O2/c1-13-19-15(21-20-13)5-6-16(24)23-8-3-4-14(12-23)17-18-7-9-22(17)10-11-25-2/h7,9,14H,3-6,8,10-12H2,1-2H3,(H,19,20,21). The largest absolute Gasteiger partial charge is 0.383 e. The Morgan fingerprint density at radius 2 is 2.36 bits per heavy atom. The first kappa shape index (κ1) is 17.6. The molecular formula is C17H26N6O2. The van der Waals surface area contributed by atoms with Crippen LogP contribution in [0.1, 0.15) is 42.7 Å². The molecule has 0 aliphatic carbocycles. The van der Waals surface area contributed by atoms with E-state index in [9.17, 15) is 4.79 Å². The van der Waals surface area contributed by atoms with E-state index in [1.54, 1.807) is 7.11 Å². The minimum absolute atomic E-state index is 0.169. The minimum atomic E-state index is 0.169. The molecule has 2 aromatic rings. The molecule has 8 nitrogen and oxygen atoms in total. The van der Waals surface area contributed by atoms with E-state index in [0.29, 0.717) is 25.3 Å². The highest BCUT2D eigenvalue weighted by Crippen LogP contribution is 2.26. The van der Waals surface area contributed by atoms with Gasteiger partial charge in [-0.05, 0) is 19.8 Å². The zero-order valence-electron chi connectivity index (χ0n) is 14.9. The number of carbonyl (C=O) groups excluding carboxylic acids is 1. The van der Waals surface area contributed by atoms with Gasteiger partial charge in [-0.3, -0.25) is 9.89 Å². The number of carbonyl (C=O) groups is 1. The number of rotatable bonds is 7. The molecule has 3 rings (SSSR count). The molecular weight excluding hydrogens is 320 g/mol. The molecule has 0 saturated carbocycles. The summed E-state index contributed by atoms with van der Waals surface area (Å²) in [5.41, 5.74) is 0. The van der Waals surface area contributed by atoms with E-state index in [4.69, 9.17) is 4.74 Å². The van der Waals surface area contributed by atoms with Crippen LogP contribution in [0.25, 0.3) is 0 Å². The van der Waals surface area contributed by atoms with E-state index in [2.05, 4.69) is 24.7 Å². The molecule has 1 amide bonds. The van der Waals surface area contributed by atoms with Crippen molar-refractivity contribution in [1.82, 2.24) is 29.6 Å². The van der Waals surface area contributed by atoms with E-state index in [-0.39, 0.29) is 11.8 Å². The summed E-state index contributed by atoms with van der Waals surface area (Å²) in [7, 11) is 1.70. The maximum absolute atomic E-state index is 12.6. The highest BCUT2D eigenvalue weighted by Gasteiger charge is 2.27. The van der Waals surface area contributed by atoms with Gasteiger partial charge in [0.15, 0.2) is 5.82 Å². The van der Waals surface area contributed by atoms with Crippen molar-refractivity contribution in [3.05, 3.63) is 29.9 Å². The number of piperidine rings is 1. The lowest BCUT2D eigenvalue weighted by molar-refractivity contribution is -0.132. The number of H-pyrrole nitrogens is 1. The zero-order chi connectivity index (χ0) is 17.6. The van der Waals surface area contributed by atoms with Crippen molar-refractivity contribution in [1.29, 1.82) is 0 Å². The van der Waals surface area contributed by atoms with E-state index in [0.717, 1.165) is 44.1 Å². The third kappa shape index (κ3) is 4.45. The second-order valence-corrected chi connectivity index (χ2v) is 6.49. The van der Waals surface area contributed by atoms with Crippen molar-refractivity contribution in [3.63, 3.8) is 0 Å². The maximum atomic E-state index is 12.6. The molecule has 0 bridgehead atoms. The summed E-state index contributed by atoms with van der Waals surface area (Å²) in [5.74, 6) is 2.99. The Morgan fingerprint density at radius 3 is 3.12 bits per heavy atom. The summed E-state index contributed by atoms with van der Waals surface area (Å²) >= 11 is 0. The first-order valence-electron chi connectivity index (χ1n) is 8.83. The Balaban J connectivity index is 1.57. The number of aromatic amines is 1. The predicted octanol–water partition coefficient (Wildman–Crippen LogP) is 1.29. The second-order valence-electron chi connectivity index (χ2n) is 6.49. The molecule has 1 N–H and O–H groups in total. The Bertz CT molecular complexity index is 695. The van der Waals surface area contributed by atoms with Gasteiger partial charge in [-0.15, -0.1) is 0 Å². The number of nitrogens with one attached hydrogen (secondary N) is 1. The number of amides is 1. The van der Waals surface area contributed by atoms with Crippen LogP contribution in [0.3, 0.4) is 0 Å². The summed E-state index contributed by atoms with van der Waals surface area (Å²) in [6, 6.07) is 0. The average Bonchev–Trinajstić information content (AvgIpc) is 3.26. The van der Waals surface area contributed by atoms with E-state index in [1.165, 1.54) is 0 Å². The SMILES string of the molecule is COCCn1ccnc1C1CCCN(C(=O)CCc2n[nH]c(C)n2)C1. The number of likely N-dealkylation sites (tertiary alicyclic amines) is 1. The highest BCUT2D eigenvalue weighted by molar-refractivity contribution is 5.76. The first-order valence-corrected chi connectivity index (χ1v) is 8.83. The fraction of sp³-hybridized carbons (Fsp3) is 0.647. The molecule has 1 aliphatic rings. The van der Waals surface area contributed by atoms with E-state index < -0.39 is 0 Å². The van der Waals surface area contributed by atoms with Gasteiger partial charge in [0.2, 0.25) is 5.91 Å². The molecule has 136 valence electrons. The Labute approximate surface area is 147 Å². The number of aryl methyl sites for hydroxylation is 2. The highest BCUT2D eigenvalue weighted by atomic mass is 16.5. The lowest BCUT2D eigenvalue weighted by Gasteiger charge is -2.32. The quantitative estimate of drug-likeness (QED) is 0.816. The van der Waals surface area contributed by atoms with Crippen LogP contribution in [0.2, 0.25) is 0 Å². The van der Waals surface area contributed by atoms with Crippen LogP contribution in [-0.2, 0) is 22.5 Å². The third-order valence-corrected chi connectivity index (χ3v) is 4.63. The van der Waals surface area contributed by atoms with Gasteiger partial charge in [-0.25, -0.2) is 9.97 Å². The maximum Gasteiger partial charge on any atom is 0.223 e. The van der Waals surface area contributed by atoms with Crippen LogP contribution < -0.4 is 0 Å². The van der Waals surface area contributed by atoms with Crippen molar-refractivity contribution >= 4 is 5.91 Å². The molecule has 3 heterocycles. The number of hydrogen-bond acceptors (Lipinski definition) is 5. The molecule has 0 aromatic carbocycles. The normalized spacial score (nSPS) is 17.8. The number of imidazole rings is 1. The number of aromatic nitrogens is 5.